The molecule has 1 atom stereocenters. The molecule has 0 radical (unpaired) electrons. The molecule has 0 bridgehead atoms. The summed E-state index contributed by atoms with van der Waals surface area (Å²) in [5.41, 5.74) is 2.09. The van der Waals surface area contributed by atoms with Gasteiger partial charge in [-0.05, 0) is 28.6 Å². The molecule has 1 aliphatic heterocycles. The smallest absolute Gasteiger partial charge is 0.244 e. The summed E-state index contributed by atoms with van der Waals surface area (Å²) in [5, 5.41) is 14.6. The maximum Gasteiger partial charge on any atom is 0.244 e. The Morgan fingerprint density at radius 1 is 1.31 bits per heavy atom. The number of amides is 1. The van der Waals surface area contributed by atoms with E-state index in [2.05, 4.69) is 22.3 Å². The maximum absolute atomic E-state index is 12.2. The Morgan fingerprint density at radius 2 is 2.15 bits per heavy atom. The first-order valence-electron chi connectivity index (χ1n) is 8.76. The minimum Gasteiger partial charge on any atom is -0.394 e. The Labute approximate surface area is 157 Å². The SMILES string of the molecule is O=C(C=Cc1cccs1)N[C@H](CO)c1cccc(CN2CCOCC2)c1. The number of rotatable bonds is 7. The highest BCUT2D eigenvalue weighted by molar-refractivity contribution is 7.10. The average molecular weight is 372 g/mol. The fourth-order valence-corrected chi connectivity index (χ4v) is 3.54. The molecule has 3 rings (SSSR count). The Hall–Kier alpha value is -1.99. The van der Waals surface area contributed by atoms with E-state index in [4.69, 9.17) is 4.74 Å². The lowest BCUT2D eigenvalue weighted by Gasteiger charge is -2.27. The van der Waals surface area contributed by atoms with Crippen molar-refractivity contribution in [1.29, 1.82) is 0 Å². The van der Waals surface area contributed by atoms with Crippen molar-refractivity contribution in [2.24, 2.45) is 0 Å². The van der Waals surface area contributed by atoms with E-state index in [1.165, 1.54) is 11.6 Å². The fraction of sp³-hybridized carbons (Fsp3) is 0.350. The van der Waals surface area contributed by atoms with Gasteiger partial charge in [-0.3, -0.25) is 9.69 Å². The maximum atomic E-state index is 12.2. The predicted octanol–water partition coefficient (Wildman–Crippen LogP) is 2.44. The van der Waals surface area contributed by atoms with Crippen molar-refractivity contribution in [1.82, 2.24) is 10.2 Å². The van der Waals surface area contributed by atoms with Crippen molar-refractivity contribution in [2.45, 2.75) is 12.6 Å². The number of nitrogens with zero attached hydrogens (tertiary/aromatic N) is 1. The summed E-state index contributed by atoms with van der Waals surface area (Å²) in [6.07, 6.45) is 3.29. The quantitative estimate of drug-likeness (QED) is 0.733. The summed E-state index contributed by atoms with van der Waals surface area (Å²) in [7, 11) is 0. The topological polar surface area (TPSA) is 61.8 Å². The first kappa shape index (κ1) is 18.8. The van der Waals surface area contributed by atoms with Crippen molar-refractivity contribution in [3.63, 3.8) is 0 Å². The van der Waals surface area contributed by atoms with Gasteiger partial charge in [0.05, 0.1) is 25.9 Å². The number of thiophene rings is 1. The van der Waals surface area contributed by atoms with Gasteiger partial charge in [0.15, 0.2) is 0 Å². The van der Waals surface area contributed by atoms with E-state index in [0.29, 0.717) is 0 Å². The van der Waals surface area contributed by atoms with Crippen LogP contribution in [0.2, 0.25) is 0 Å². The molecule has 2 aromatic rings. The number of morpholine rings is 1. The van der Waals surface area contributed by atoms with Crippen LogP contribution in [0, 0.1) is 0 Å². The second kappa shape index (κ2) is 9.64. The van der Waals surface area contributed by atoms with E-state index in [9.17, 15) is 9.90 Å². The molecule has 26 heavy (non-hydrogen) atoms. The third kappa shape index (κ3) is 5.51. The summed E-state index contributed by atoms with van der Waals surface area (Å²) >= 11 is 1.57. The molecular weight excluding hydrogens is 348 g/mol. The van der Waals surface area contributed by atoms with Crippen LogP contribution in [0.25, 0.3) is 6.08 Å². The molecule has 0 spiro atoms. The van der Waals surface area contributed by atoms with E-state index in [1.807, 2.05) is 29.6 Å². The van der Waals surface area contributed by atoms with Gasteiger partial charge in [0.2, 0.25) is 5.91 Å². The lowest BCUT2D eigenvalue weighted by atomic mass is 10.0. The van der Waals surface area contributed by atoms with Crippen LogP contribution in [0.4, 0.5) is 0 Å². The van der Waals surface area contributed by atoms with E-state index in [-0.39, 0.29) is 12.5 Å². The Balaban J connectivity index is 1.61. The monoisotopic (exact) mass is 372 g/mol. The van der Waals surface area contributed by atoms with Crippen LogP contribution >= 0.6 is 11.3 Å². The highest BCUT2D eigenvalue weighted by atomic mass is 32.1. The second-order valence-corrected chi connectivity index (χ2v) is 7.21. The molecule has 1 saturated heterocycles. The van der Waals surface area contributed by atoms with Gasteiger partial charge < -0.3 is 15.2 Å². The predicted molar refractivity (Wildman–Crippen MR) is 104 cm³/mol. The summed E-state index contributed by atoms with van der Waals surface area (Å²) in [5.74, 6) is -0.212. The largest absolute Gasteiger partial charge is 0.394 e. The minimum absolute atomic E-state index is 0.139. The molecule has 138 valence electrons. The minimum atomic E-state index is -0.417. The number of ether oxygens (including phenoxy) is 1. The van der Waals surface area contributed by atoms with Crippen LogP contribution in [-0.4, -0.2) is 48.8 Å². The number of hydrogen-bond acceptors (Lipinski definition) is 5. The molecule has 1 fully saturated rings. The molecule has 0 aliphatic carbocycles. The fourth-order valence-electron chi connectivity index (χ4n) is 2.92. The lowest BCUT2D eigenvalue weighted by Crippen LogP contribution is -2.35. The molecule has 5 nitrogen and oxygen atoms in total. The van der Waals surface area contributed by atoms with Gasteiger partial charge in [-0.1, -0.05) is 30.3 Å². The van der Waals surface area contributed by atoms with Gasteiger partial charge in [-0.25, -0.2) is 0 Å². The number of carbonyl (C=O) groups excluding carboxylic acids is 1. The Kier molecular flexibility index (Phi) is 6.96. The number of aliphatic hydroxyl groups excluding tert-OH is 1. The summed E-state index contributed by atoms with van der Waals surface area (Å²) < 4.78 is 5.38. The average Bonchev–Trinajstić information content (AvgIpc) is 3.19. The summed E-state index contributed by atoms with van der Waals surface area (Å²) in [4.78, 5) is 15.5. The van der Waals surface area contributed by atoms with E-state index in [0.717, 1.165) is 43.3 Å². The van der Waals surface area contributed by atoms with Crippen LogP contribution in [-0.2, 0) is 16.1 Å². The van der Waals surface area contributed by atoms with Crippen LogP contribution in [0.3, 0.4) is 0 Å². The zero-order valence-electron chi connectivity index (χ0n) is 14.6. The molecule has 1 aromatic heterocycles. The summed E-state index contributed by atoms with van der Waals surface area (Å²) in [6.45, 7) is 4.11. The lowest BCUT2D eigenvalue weighted by molar-refractivity contribution is -0.117. The first-order chi connectivity index (χ1) is 12.7. The molecule has 1 aromatic carbocycles. The van der Waals surface area contributed by atoms with Crippen molar-refractivity contribution >= 4 is 23.3 Å². The first-order valence-corrected chi connectivity index (χ1v) is 9.64. The van der Waals surface area contributed by atoms with Gasteiger partial charge in [-0.2, -0.15) is 0 Å². The number of hydrogen-bond donors (Lipinski definition) is 2. The van der Waals surface area contributed by atoms with Crippen LogP contribution < -0.4 is 5.32 Å². The molecule has 0 unspecified atom stereocenters. The van der Waals surface area contributed by atoms with Crippen LogP contribution in [0.15, 0.2) is 47.9 Å². The Morgan fingerprint density at radius 3 is 2.88 bits per heavy atom. The molecule has 2 heterocycles. The molecule has 1 aliphatic rings. The molecule has 0 saturated carbocycles. The van der Waals surface area contributed by atoms with E-state index < -0.39 is 6.04 Å². The zero-order chi connectivity index (χ0) is 18.2. The van der Waals surface area contributed by atoms with Gasteiger partial charge in [0.1, 0.15) is 0 Å². The van der Waals surface area contributed by atoms with Crippen molar-refractivity contribution in [3.05, 3.63) is 63.9 Å². The van der Waals surface area contributed by atoms with Gasteiger partial charge in [0, 0.05) is 30.6 Å². The number of carbonyl (C=O) groups is 1. The summed E-state index contributed by atoms with van der Waals surface area (Å²) in [6, 6.07) is 11.5. The van der Waals surface area contributed by atoms with Crippen LogP contribution in [0.5, 0.6) is 0 Å². The third-order valence-corrected chi connectivity index (χ3v) is 5.14. The number of aliphatic hydroxyl groups is 1. The second-order valence-electron chi connectivity index (χ2n) is 6.23. The molecular formula is C20H24N2O3S. The highest BCUT2D eigenvalue weighted by Gasteiger charge is 2.15. The number of nitrogens with one attached hydrogen (secondary N) is 1. The zero-order valence-corrected chi connectivity index (χ0v) is 15.5. The van der Waals surface area contributed by atoms with Crippen molar-refractivity contribution in [2.75, 3.05) is 32.9 Å². The van der Waals surface area contributed by atoms with Gasteiger partial charge in [-0.15, -0.1) is 11.3 Å². The normalized spacial score (nSPS) is 16.7. The number of benzene rings is 1. The van der Waals surface area contributed by atoms with Crippen molar-refractivity contribution in [3.8, 4) is 0 Å². The van der Waals surface area contributed by atoms with Gasteiger partial charge >= 0.3 is 0 Å². The van der Waals surface area contributed by atoms with E-state index in [1.54, 1.807) is 17.4 Å². The molecule has 2 N–H and O–H groups in total. The Bertz CT molecular complexity index is 724. The molecule has 1 amide bonds. The molecule has 6 heteroatoms. The van der Waals surface area contributed by atoms with Crippen molar-refractivity contribution < 1.29 is 14.6 Å². The third-order valence-electron chi connectivity index (χ3n) is 4.30. The van der Waals surface area contributed by atoms with Gasteiger partial charge in [0.25, 0.3) is 0 Å². The standard InChI is InChI=1S/C20H24N2O3S/c23-15-19(21-20(24)7-6-18-5-2-12-26-18)17-4-1-3-16(13-17)14-22-8-10-25-11-9-22/h1-7,12-13,19,23H,8-11,14-15H2,(H,21,24)/t19-/m1/s1. The van der Waals surface area contributed by atoms with E-state index >= 15 is 0 Å². The highest BCUT2D eigenvalue weighted by Crippen LogP contribution is 2.17. The van der Waals surface area contributed by atoms with Crippen LogP contribution in [0.1, 0.15) is 22.0 Å².